The maximum atomic E-state index is 10.6. The van der Waals surface area contributed by atoms with Crippen molar-refractivity contribution in [2.45, 2.75) is 11.5 Å². The molecule has 6 heteroatoms. The molecule has 0 saturated carbocycles. The molecule has 1 rings (SSSR count). The van der Waals surface area contributed by atoms with Crippen molar-refractivity contribution < 1.29 is 22.5 Å². The second-order valence-electron chi connectivity index (χ2n) is 2.49. The van der Waals surface area contributed by atoms with Crippen LogP contribution >= 0.6 is 0 Å². The van der Waals surface area contributed by atoms with Gasteiger partial charge in [0.15, 0.2) is 0 Å². The Balaban J connectivity index is 2.84. The fourth-order valence-corrected chi connectivity index (χ4v) is 1.35. The summed E-state index contributed by atoms with van der Waals surface area (Å²) in [6, 6.07) is 5.30. The number of hydrogen-bond acceptors (Lipinski definition) is 4. The molecule has 0 fully saturated rings. The van der Waals surface area contributed by atoms with E-state index in [0.29, 0.717) is 5.56 Å². The van der Waals surface area contributed by atoms with E-state index in [9.17, 15) is 13.2 Å². The molecular formula is C8H7O5S. The van der Waals surface area contributed by atoms with Gasteiger partial charge in [-0.1, -0.05) is 12.1 Å². The first-order chi connectivity index (χ1) is 6.54. The van der Waals surface area contributed by atoms with Gasteiger partial charge in [0, 0.05) is 0 Å². The Bertz CT molecular complexity index is 406. The van der Waals surface area contributed by atoms with E-state index in [1.165, 1.54) is 30.7 Å². The first-order valence-corrected chi connectivity index (χ1v) is 5.03. The van der Waals surface area contributed by atoms with Gasteiger partial charge >= 0.3 is 6.47 Å². The summed E-state index contributed by atoms with van der Waals surface area (Å²) in [5, 5.41) is 0. The van der Waals surface area contributed by atoms with Gasteiger partial charge in [-0.05, 0) is 17.7 Å². The molecule has 5 nitrogen and oxygen atoms in total. The van der Waals surface area contributed by atoms with Gasteiger partial charge in [0.1, 0.15) is 6.61 Å². The Kier molecular flexibility index (Phi) is 3.21. The molecule has 0 saturated heterocycles. The molecule has 0 aliphatic carbocycles. The number of hydrogen-bond donors (Lipinski definition) is 1. The number of rotatable bonds is 4. The van der Waals surface area contributed by atoms with Crippen LogP contribution < -0.4 is 0 Å². The minimum absolute atomic E-state index is 0.0231. The van der Waals surface area contributed by atoms with Crippen LogP contribution in [-0.4, -0.2) is 19.4 Å². The molecule has 1 radical (unpaired) electrons. The zero-order valence-electron chi connectivity index (χ0n) is 7.00. The molecule has 0 aliphatic rings. The minimum Gasteiger partial charge on any atom is -0.452 e. The van der Waals surface area contributed by atoms with E-state index in [-0.39, 0.29) is 11.5 Å². The summed E-state index contributed by atoms with van der Waals surface area (Å²) in [5.74, 6) is 0. The van der Waals surface area contributed by atoms with Gasteiger partial charge < -0.3 is 4.74 Å². The number of benzene rings is 1. The summed E-state index contributed by atoms with van der Waals surface area (Å²) in [4.78, 5) is 9.52. The van der Waals surface area contributed by atoms with Crippen molar-refractivity contribution in [3.63, 3.8) is 0 Å². The molecule has 1 N–H and O–H groups in total. The van der Waals surface area contributed by atoms with Crippen molar-refractivity contribution >= 4 is 16.6 Å². The topological polar surface area (TPSA) is 80.7 Å². The monoisotopic (exact) mass is 215 g/mol. The molecule has 0 aliphatic heterocycles. The third-order valence-corrected chi connectivity index (χ3v) is 2.39. The maximum Gasteiger partial charge on any atom is 0.417 e. The fourth-order valence-electron chi connectivity index (χ4n) is 0.870. The van der Waals surface area contributed by atoms with Gasteiger partial charge in [-0.15, -0.1) is 0 Å². The highest BCUT2D eigenvalue weighted by Crippen LogP contribution is 2.10. The van der Waals surface area contributed by atoms with E-state index in [2.05, 4.69) is 4.74 Å². The smallest absolute Gasteiger partial charge is 0.417 e. The summed E-state index contributed by atoms with van der Waals surface area (Å²) in [7, 11) is -4.16. The largest absolute Gasteiger partial charge is 0.452 e. The lowest BCUT2D eigenvalue weighted by Gasteiger charge is -1.99. The highest BCUT2D eigenvalue weighted by molar-refractivity contribution is 7.85. The zero-order chi connectivity index (χ0) is 10.6. The van der Waals surface area contributed by atoms with Crippen molar-refractivity contribution in [1.82, 2.24) is 0 Å². The van der Waals surface area contributed by atoms with Crippen molar-refractivity contribution in [2.24, 2.45) is 0 Å². The lowest BCUT2D eigenvalue weighted by molar-refractivity contribution is 0.267. The molecule has 0 amide bonds. The Labute approximate surface area is 81.1 Å². The summed E-state index contributed by atoms with van der Waals surface area (Å²) < 4.78 is 34.2. The van der Waals surface area contributed by atoms with E-state index >= 15 is 0 Å². The molecule has 75 valence electrons. The van der Waals surface area contributed by atoms with Crippen molar-refractivity contribution in [1.29, 1.82) is 0 Å². The van der Waals surface area contributed by atoms with Crippen molar-refractivity contribution in [3.05, 3.63) is 29.8 Å². The molecule has 0 unspecified atom stereocenters. The van der Waals surface area contributed by atoms with Gasteiger partial charge in [-0.25, -0.2) is 4.79 Å². The second-order valence-corrected chi connectivity index (χ2v) is 3.91. The van der Waals surface area contributed by atoms with Crippen LogP contribution in [0, 0.1) is 0 Å². The zero-order valence-corrected chi connectivity index (χ0v) is 7.82. The molecular weight excluding hydrogens is 208 g/mol. The molecule has 0 bridgehead atoms. The Morgan fingerprint density at radius 2 is 1.86 bits per heavy atom. The normalized spacial score (nSPS) is 10.9. The third kappa shape index (κ3) is 2.82. The van der Waals surface area contributed by atoms with Crippen molar-refractivity contribution in [3.8, 4) is 0 Å². The predicted octanol–water partition coefficient (Wildman–Crippen LogP) is 0.517. The molecule has 1 aromatic carbocycles. The first-order valence-electron chi connectivity index (χ1n) is 3.59. The van der Waals surface area contributed by atoms with Gasteiger partial charge in [-0.3, -0.25) is 4.55 Å². The van der Waals surface area contributed by atoms with Gasteiger partial charge in [0.05, 0.1) is 4.90 Å². The first kappa shape index (κ1) is 10.7. The molecule has 14 heavy (non-hydrogen) atoms. The summed E-state index contributed by atoms with van der Waals surface area (Å²) in [6.45, 7) is 1.27. The van der Waals surface area contributed by atoms with Crippen LogP contribution in [0.15, 0.2) is 29.2 Å². The Hall–Kier alpha value is -1.40. The third-order valence-electron chi connectivity index (χ3n) is 1.52. The maximum absolute atomic E-state index is 10.6. The van der Waals surface area contributed by atoms with Gasteiger partial charge in [0.2, 0.25) is 0 Å². The highest BCUT2D eigenvalue weighted by Gasteiger charge is 2.08. The van der Waals surface area contributed by atoms with Crippen LogP contribution in [-0.2, 0) is 26.3 Å². The Morgan fingerprint density at radius 3 is 2.29 bits per heavy atom. The van der Waals surface area contributed by atoms with E-state index < -0.39 is 10.1 Å². The van der Waals surface area contributed by atoms with Gasteiger partial charge in [-0.2, -0.15) is 8.42 Å². The molecule has 0 spiro atoms. The fraction of sp³-hybridized carbons (Fsp3) is 0.125. The molecule has 1 aromatic rings. The minimum atomic E-state index is -4.16. The van der Waals surface area contributed by atoms with Crippen LogP contribution in [0.1, 0.15) is 5.56 Å². The molecule has 0 atom stereocenters. The lowest BCUT2D eigenvalue weighted by Crippen LogP contribution is -1.98. The predicted molar refractivity (Wildman–Crippen MR) is 46.7 cm³/mol. The molecule has 0 aromatic heterocycles. The van der Waals surface area contributed by atoms with Crippen LogP contribution in [0.3, 0.4) is 0 Å². The van der Waals surface area contributed by atoms with E-state index in [1.807, 2.05) is 0 Å². The average Bonchev–Trinajstić information content (AvgIpc) is 2.14. The van der Waals surface area contributed by atoms with Crippen LogP contribution in [0.4, 0.5) is 0 Å². The second kappa shape index (κ2) is 4.21. The van der Waals surface area contributed by atoms with E-state index in [0.717, 1.165) is 0 Å². The van der Waals surface area contributed by atoms with E-state index in [1.54, 1.807) is 0 Å². The van der Waals surface area contributed by atoms with Crippen LogP contribution in [0.5, 0.6) is 0 Å². The quantitative estimate of drug-likeness (QED) is 0.740. The summed E-state index contributed by atoms with van der Waals surface area (Å²) in [5.41, 5.74) is 0.612. The molecule has 0 heterocycles. The average molecular weight is 215 g/mol. The van der Waals surface area contributed by atoms with Gasteiger partial charge in [0.25, 0.3) is 10.1 Å². The van der Waals surface area contributed by atoms with E-state index in [4.69, 9.17) is 4.55 Å². The standard InChI is InChI=1S/C8H7O5S/c9-6-13-5-7-1-3-8(4-2-7)14(10,11)12/h1-4H,5H2,(H,10,11,12). The van der Waals surface area contributed by atoms with Crippen molar-refractivity contribution in [2.75, 3.05) is 0 Å². The van der Waals surface area contributed by atoms with Crippen LogP contribution in [0.25, 0.3) is 0 Å². The summed E-state index contributed by atoms with van der Waals surface area (Å²) in [6.07, 6.45) is 0. The summed E-state index contributed by atoms with van der Waals surface area (Å²) >= 11 is 0. The lowest BCUT2D eigenvalue weighted by atomic mass is 10.2. The number of carbonyl (C=O) groups excluding carboxylic acids is 1. The highest BCUT2D eigenvalue weighted by atomic mass is 32.2. The SMILES string of the molecule is O=[C]OCc1ccc(S(=O)(=O)O)cc1. The van der Waals surface area contributed by atoms with Crippen LogP contribution in [0.2, 0.25) is 0 Å². The Morgan fingerprint density at radius 1 is 1.29 bits per heavy atom. The number of ether oxygens (including phenoxy) is 1.